The monoisotopic (exact) mass is 215 g/mol. The van der Waals surface area contributed by atoms with Crippen molar-refractivity contribution in [2.24, 2.45) is 0 Å². The second-order valence-corrected chi connectivity index (χ2v) is 4.29. The van der Waals surface area contributed by atoms with Crippen LogP contribution in [0.5, 0.6) is 0 Å². The number of pyridine rings is 1. The highest BCUT2D eigenvalue weighted by Crippen LogP contribution is 2.19. The Hall–Kier alpha value is -1.44. The normalized spacial score (nSPS) is 16.4. The highest BCUT2D eigenvalue weighted by atomic mass is 16.1. The van der Waals surface area contributed by atoms with Crippen molar-refractivity contribution in [3.8, 4) is 0 Å². The summed E-state index contributed by atoms with van der Waals surface area (Å²) in [6.45, 7) is 0. The molecule has 2 nitrogen and oxygen atoms in total. The van der Waals surface area contributed by atoms with Crippen LogP contribution < -0.4 is 0 Å². The van der Waals surface area contributed by atoms with Gasteiger partial charge in [0.15, 0.2) is 5.78 Å². The first-order valence-electron chi connectivity index (χ1n) is 5.97. The van der Waals surface area contributed by atoms with E-state index < -0.39 is 0 Å². The molecule has 0 spiro atoms. The summed E-state index contributed by atoms with van der Waals surface area (Å²) in [6, 6.07) is 3.84. The third-order valence-electron chi connectivity index (χ3n) is 2.99. The first kappa shape index (κ1) is 11.1. The predicted octanol–water partition coefficient (Wildman–Crippen LogP) is 3.08. The molecule has 0 amide bonds. The van der Waals surface area contributed by atoms with Gasteiger partial charge in [-0.1, -0.05) is 18.6 Å². The zero-order chi connectivity index (χ0) is 11.2. The molecular weight excluding hydrogens is 198 g/mol. The molecule has 1 heterocycles. The van der Waals surface area contributed by atoms with Gasteiger partial charge in [0, 0.05) is 18.8 Å². The van der Waals surface area contributed by atoms with Gasteiger partial charge in [-0.2, -0.15) is 0 Å². The molecule has 0 fully saturated rings. The van der Waals surface area contributed by atoms with Gasteiger partial charge in [-0.3, -0.25) is 9.78 Å². The molecule has 1 aliphatic rings. The van der Waals surface area contributed by atoms with Gasteiger partial charge in [0.2, 0.25) is 0 Å². The fraction of sp³-hybridized carbons (Fsp3) is 0.429. The lowest BCUT2D eigenvalue weighted by atomic mass is 10.0. The summed E-state index contributed by atoms with van der Waals surface area (Å²) in [4.78, 5) is 16.1. The summed E-state index contributed by atoms with van der Waals surface area (Å²) < 4.78 is 0. The molecule has 0 bridgehead atoms. The summed E-state index contributed by atoms with van der Waals surface area (Å²) in [5.74, 6) is 0.273. The van der Waals surface area contributed by atoms with E-state index >= 15 is 0 Å². The highest BCUT2D eigenvalue weighted by Gasteiger charge is 2.11. The maximum atomic E-state index is 12.0. The van der Waals surface area contributed by atoms with Crippen LogP contribution in [0.1, 0.15) is 37.7 Å². The highest BCUT2D eigenvalue weighted by molar-refractivity contribution is 5.96. The van der Waals surface area contributed by atoms with Crippen molar-refractivity contribution in [3.05, 3.63) is 41.7 Å². The second kappa shape index (κ2) is 5.59. The topological polar surface area (TPSA) is 30.0 Å². The van der Waals surface area contributed by atoms with Crippen molar-refractivity contribution < 1.29 is 4.79 Å². The Labute approximate surface area is 96.4 Å². The number of hydrogen-bond donors (Lipinski definition) is 0. The van der Waals surface area contributed by atoms with E-state index in [1.54, 1.807) is 12.4 Å². The number of allylic oxidation sites excluding steroid dienone is 2. The molecule has 0 aliphatic heterocycles. The van der Waals surface area contributed by atoms with Crippen LogP contribution >= 0.6 is 0 Å². The van der Waals surface area contributed by atoms with Gasteiger partial charge in [0.05, 0.1) is 0 Å². The molecule has 0 saturated carbocycles. The maximum Gasteiger partial charge on any atom is 0.162 e. The van der Waals surface area contributed by atoms with Crippen LogP contribution in [0.3, 0.4) is 0 Å². The van der Waals surface area contributed by atoms with E-state index in [2.05, 4.69) is 11.1 Å². The van der Waals surface area contributed by atoms with Crippen molar-refractivity contribution in [3.63, 3.8) is 0 Å². The largest absolute Gasteiger partial charge is 0.294 e. The molecule has 1 aliphatic carbocycles. The number of carbonyl (C=O) groups excluding carboxylic acids is 1. The minimum Gasteiger partial charge on any atom is -0.294 e. The first-order chi connectivity index (χ1) is 7.86. The minimum atomic E-state index is 0.273. The number of rotatable bonds is 3. The fourth-order valence-electron chi connectivity index (χ4n) is 2.07. The Bertz CT molecular complexity index is 381. The molecule has 1 aromatic rings. The van der Waals surface area contributed by atoms with Crippen LogP contribution in [0, 0.1) is 0 Å². The number of nitrogens with zero attached hydrogens (tertiary/aromatic N) is 1. The predicted molar refractivity (Wildman–Crippen MR) is 64.1 cm³/mol. The Morgan fingerprint density at radius 3 is 3.06 bits per heavy atom. The Balaban J connectivity index is 2.00. The number of ketones is 1. The molecule has 0 N–H and O–H groups in total. The number of Topliss-reactive ketones (excluding diaryl/α,β-unsaturated/α-hetero) is 1. The van der Waals surface area contributed by atoms with Crippen LogP contribution in [0.2, 0.25) is 0 Å². The standard InChI is InChI=1S/C14H17NO/c16-14(10-12-6-5-9-15-11-12)13-7-3-1-2-4-8-13/h5-7,9,11H,1-4,8,10H2. The number of aromatic nitrogens is 1. The van der Waals surface area contributed by atoms with E-state index in [0.717, 1.165) is 30.4 Å². The molecule has 16 heavy (non-hydrogen) atoms. The van der Waals surface area contributed by atoms with E-state index in [4.69, 9.17) is 0 Å². The molecule has 0 atom stereocenters. The molecular formula is C14H17NO. The maximum absolute atomic E-state index is 12.0. The van der Waals surface area contributed by atoms with Crippen LogP contribution in [0.25, 0.3) is 0 Å². The summed E-state index contributed by atoms with van der Waals surface area (Å²) in [5.41, 5.74) is 2.04. The van der Waals surface area contributed by atoms with E-state index in [9.17, 15) is 4.79 Å². The van der Waals surface area contributed by atoms with Gasteiger partial charge in [-0.15, -0.1) is 0 Å². The third kappa shape index (κ3) is 3.02. The molecule has 0 unspecified atom stereocenters. The summed E-state index contributed by atoms with van der Waals surface area (Å²) in [5, 5.41) is 0. The van der Waals surface area contributed by atoms with Crippen LogP contribution in [0.15, 0.2) is 36.2 Å². The van der Waals surface area contributed by atoms with Crippen molar-refractivity contribution >= 4 is 5.78 Å². The molecule has 2 heteroatoms. The van der Waals surface area contributed by atoms with Gasteiger partial charge in [0.25, 0.3) is 0 Å². The van der Waals surface area contributed by atoms with Gasteiger partial charge in [-0.25, -0.2) is 0 Å². The SMILES string of the molecule is O=C(Cc1cccnc1)C1=CCCCCC1. The van der Waals surface area contributed by atoms with Crippen LogP contribution in [-0.4, -0.2) is 10.8 Å². The van der Waals surface area contributed by atoms with Crippen molar-refractivity contribution in [2.75, 3.05) is 0 Å². The van der Waals surface area contributed by atoms with Gasteiger partial charge >= 0.3 is 0 Å². The second-order valence-electron chi connectivity index (χ2n) is 4.29. The lowest BCUT2D eigenvalue weighted by Crippen LogP contribution is -2.06. The summed E-state index contributed by atoms with van der Waals surface area (Å²) >= 11 is 0. The molecule has 2 rings (SSSR count). The van der Waals surface area contributed by atoms with Crippen molar-refractivity contribution in [1.29, 1.82) is 0 Å². The van der Waals surface area contributed by atoms with E-state index in [1.807, 2.05) is 12.1 Å². The Morgan fingerprint density at radius 1 is 1.31 bits per heavy atom. The van der Waals surface area contributed by atoms with E-state index in [0.29, 0.717) is 6.42 Å². The molecule has 84 valence electrons. The lowest BCUT2D eigenvalue weighted by Gasteiger charge is -2.04. The van der Waals surface area contributed by atoms with E-state index in [1.165, 1.54) is 12.8 Å². The van der Waals surface area contributed by atoms with E-state index in [-0.39, 0.29) is 5.78 Å². The number of hydrogen-bond acceptors (Lipinski definition) is 2. The summed E-state index contributed by atoms with van der Waals surface area (Å²) in [6.07, 6.45) is 11.8. The lowest BCUT2D eigenvalue weighted by molar-refractivity contribution is -0.115. The van der Waals surface area contributed by atoms with Crippen LogP contribution in [0.4, 0.5) is 0 Å². The average Bonchev–Trinajstić information content (AvgIpc) is 2.59. The van der Waals surface area contributed by atoms with Crippen molar-refractivity contribution in [1.82, 2.24) is 4.98 Å². The summed E-state index contributed by atoms with van der Waals surface area (Å²) in [7, 11) is 0. The van der Waals surface area contributed by atoms with Gasteiger partial charge < -0.3 is 0 Å². The smallest absolute Gasteiger partial charge is 0.162 e. The quantitative estimate of drug-likeness (QED) is 0.775. The number of carbonyl (C=O) groups is 1. The molecule has 1 aromatic heterocycles. The first-order valence-corrected chi connectivity index (χ1v) is 5.97. The average molecular weight is 215 g/mol. The molecule has 0 saturated heterocycles. The van der Waals surface area contributed by atoms with Crippen LogP contribution in [-0.2, 0) is 11.2 Å². The zero-order valence-corrected chi connectivity index (χ0v) is 9.48. The Morgan fingerprint density at radius 2 is 2.25 bits per heavy atom. The zero-order valence-electron chi connectivity index (χ0n) is 9.48. The minimum absolute atomic E-state index is 0.273. The Kier molecular flexibility index (Phi) is 3.86. The van der Waals surface area contributed by atoms with Crippen molar-refractivity contribution in [2.45, 2.75) is 38.5 Å². The fourth-order valence-corrected chi connectivity index (χ4v) is 2.07. The van der Waals surface area contributed by atoms with Gasteiger partial charge in [-0.05, 0) is 42.9 Å². The van der Waals surface area contributed by atoms with Gasteiger partial charge in [0.1, 0.15) is 0 Å². The molecule has 0 aromatic carbocycles. The molecule has 0 radical (unpaired) electrons. The third-order valence-corrected chi connectivity index (χ3v) is 2.99.